The first kappa shape index (κ1) is 13.9. The number of nitrogens with two attached hydrogens (primary N) is 1. The van der Waals surface area contributed by atoms with E-state index in [2.05, 4.69) is 46.7 Å². The molecule has 0 aliphatic carbocycles. The van der Waals surface area contributed by atoms with Crippen molar-refractivity contribution in [3.63, 3.8) is 0 Å². The summed E-state index contributed by atoms with van der Waals surface area (Å²) in [6.45, 7) is 0.775. The molecule has 0 spiro atoms. The number of rotatable bonds is 4. The van der Waals surface area contributed by atoms with Gasteiger partial charge in [0.05, 0.1) is 12.6 Å². The summed E-state index contributed by atoms with van der Waals surface area (Å²) in [6, 6.07) is 14.7. The van der Waals surface area contributed by atoms with E-state index in [0.717, 1.165) is 24.3 Å². The van der Waals surface area contributed by atoms with Crippen molar-refractivity contribution >= 4 is 5.69 Å². The van der Waals surface area contributed by atoms with Crippen LogP contribution in [0.15, 0.2) is 42.5 Å². The van der Waals surface area contributed by atoms with Gasteiger partial charge in [-0.1, -0.05) is 24.3 Å². The van der Waals surface area contributed by atoms with Crippen LogP contribution in [0.5, 0.6) is 5.75 Å². The lowest BCUT2D eigenvalue weighted by Gasteiger charge is -2.19. The van der Waals surface area contributed by atoms with Crippen LogP contribution >= 0.6 is 0 Å². The van der Waals surface area contributed by atoms with Gasteiger partial charge in [-0.3, -0.25) is 5.84 Å². The summed E-state index contributed by atoms with van der Waals surface area (Å²) in [5.74, 6) is 6.79. The molecule has 0 aromatic heterocycles. The first-order valence-electron chi connectivity index (χ1n) is 7.18. The fourth-order valence-corrected chi connectivity index (χ4v) is 2.74. The average Bonchev–Trinajstić information content (AvgIpc) is 2.96. The van der Waals surface area contributed by atoms with Crippen LogP contribution < -0.4 is 20.9 Å². The Balaban J connectivity index is 1.90. The minimum atomic E-state index is -0.00730. The number of hydrazine groups is 1. The van der Waals surface area contributed by atoms with E-state index in [0.29, 0.717) is 0 Å². The van der Waals surface area contributed by atoms with Crippen molar-refractivity contribution in [2.24, 2.45) is 5.84 Å². The predicted molar refractivity (Wildman–Crippen MR) is 85.6 cm³/mol. The summed E-state index contributed by atoms with van der Waals surface area (Å²) in [5.41, 5.74) is 7.68. The van der Waals surface area contributed by atoms with E-state index in [-0.39, 0.29) is 6.04 Å². The normalized spacial score (nSPS) is 14.4. The highest BCUT2D eigenvalue weighted by atomic mass is 16.5. The van der Waals surface area contributed by atoms with E-state index in [1.807, 2.05) is 20.2 Å². The summed E-state index contributed by atoms with van der Waals surface area (Å²) in [6.07, 6.45) is 0.972. The Morgan fingerprint density at radius 2 is 1.81 bits per heavy atom. The molecule has 4 heteroatoms. The van der Waals surface area contributed by atoms with Crippen molar-refractivity contribution in [1.82, 2.24) is 5.43 Å². The van der Waals surface area contributed by atoms with Gasteiger partial charge in [0.1, 0.15) is 5.75 Å². The highest BCUT2D eigenvalue weighted by Crippen LogP contribution is 2.30. The molecule has 3 N–H and O–H groups in total. The Morgan fingerprint density at radius 3 is 2.48 bits per heavy atom. The number of anilines is 1. The predicted octanol–water partition coefficient (Wildman–Crippen LogP) is 2.24. The molecule has 1 heterocycles. The van der Waals surface area contributed by atoms with Crippen molar-refractivity contribution in [2.45, 2.75) is 12.5 Å². The van der Waals surface area contributed by atoms with E-state index in [1.54, 1.807) is 0 Å². The zero-order chi connectivity index (χ0) is 14.8. The van der Waals surface area contributed by atoms with Crippen LogP contribution in [-0.2, 0) is 6.42 Å². The smallest absolute Gasteiger partial charge is 0.122 e. The third kappa shape index (κ3) is 2.73. The molecule has 0 radical (unpaired) electrons. The second-order valence-electron chi connectivity index (χ2n) is 5.55. The van der Waals surface area contributed by atoms with Gasteiger partial charge in [-0.05, 0) is 34.9 Å². The number of fused-ring (bicyclic) bond motifs is 1. The van der Waals surface area contributed by atoms with Crippen molar-refractivity contribution in [3.8, 4) is 5.75 Å². The monoisotopic (exact) mass is 283 g/mol. The molecular weight excluding hydrogens is 262 g/mol. The van der Waals surface area contributed by atoms with E-state index in [9.17, 15) is 0 Å². The maximum absolute atomic E-state index is 5.79. The molecule has 1 aliphatic heterocycles. The molecule has 21 heavy (non-hydrogen) atoms. The van der Waals surface area contributed by atoms with Gasteiger partial charge in [-0.25, -0.2) is 5.43 Å². The quantitative estimate of drug-likeness (QED) is 0.667. The Labute approximate surface area is 125 Å². The fraction of sp³-hybridized carbons (Fsp3) is 0.294. The summed E-state index contributed by atoms with van der Waals surface area (Å²) < 4.78 is 5.56. The van der Waals surface area contributed by atoms with Crippen molar-refractivity contribution in [2.75, 3.05) is 25.6 Å². The lowest BCUT2D eigenvalue weighted by atomic mass is 9.96. The zero-order valence-corrected chi connectivity index (χ0v) is 12.5. The van der Waals surface area contributed by atoms with E-state index in [4.69, 9.17) is 10.6 Å². The minimum absolute atomic E-state index is 0.00730. The van der Waals surface area contributed by atoms with Gasteiger partial charge in [0.25, 0.3) is 0 Å². The summed E-state index contributed by atoms with van der Waals surface area (Å²) in [4.78, 5) is 2.08. The molecule has 4 nitrogen and oxygen atoms in total. The fourth-order valence-electron chi connectivity index (χ4n) is 2.74. The summed E-state index contributed by atoms with van der Waals surface area (Å²) in [7, 11) is 4.07. The molecule has 2 aromatic carbocycles. The highest BCUT2D eigenvalue weighted by Gasteiger charge is 2.17. The minimum Gasteiger partial charge on any atom is -0.493 e. The maximum atomic E-state index is 5.79. The summed E-state index contributed by atoms with van der Waals surface area (Å²) in [5, 5.41) is 0. The Kier molecular flexibility index (Phi) is 3.82. The van der Waals surface area contributed by atoms with Crippen molar-refractivity contribution in [3.05, 3.63) is 59.2 Å². The molecule has 110 valence electrons. The molecule has 1 aliphatic rings. The van der Waals surface area contributed by atoms with E-state index >= 15 is 0 Å². The first-order valence-corrected chi connectivity index (χ1v) is 7.18. The largest absolute Gasteiger partial charge is 0.493 e. The van der Waals surface area contributed by atoms with Crippen LogP contribution in [0.4, 0.5) is 5.69 Å². The van der Waals surface area contributed by atoms with Crippen LogP contribution in [-0.4, -0.2) is 20.7 Å². The molecule has 2 aromatic rings. The van der Waals surface area contributed by atoms with Crippen LogP contribution in [0.3, 0.4) is 0 Å². The zero-order valence-electron chi connectivity index (χ0n) is 12.5. The third-order valence-corrected chi connectivity index (χ3v) is 3.96. The highest BCUT2D eigenvalue weighted by molar-refractivity contribution is 5.49. The van der Waals surface area contributed by atoms with Crippen molar-refractivity contribution < 1.29 is 4.74 Å². The summed E-state index contributed by atoms with van der Waals surface area (Å²) >= 11 is 0. The second kappa shape index (κ2) is 5.76. The molecule has 3 rings (SSSR count). The molecule has 0 bridgehead atoms. The van der Waals surface area contributed by atoms with Crippen LogP contribution in [0.1, 0.15) is 22.7 Å². The average molecular weight is 283 g/mol. The number of benzene rings is 2. The molecule has 1 unspecified atom stereocenters. The lowest BCUT2D eigenvalue weighted by molar-refractivity contribution is 0.357. The third-order valence-electron chi connectivity index (χ3n) is 3.96. The molecule has 0 saturated heterocycles. The number of hydrogen-bond acceptors (Lipinski definition) is 4. The van der Waals surface area contributed by atoms with Gasteiger partial charge < -0.3 is 9.64 Å². The lowest BCUT2D eigenvalue weighted by Crippen LogP contribution is -2.28. The van der Waals surface area contributed by atoms with Gasteiger partial charge in [0, 0.05) is 26.2 Å². The standard InChI is InChI=1S/C17H21N3O/c1-20(2)15-6-3-12(4-7-15)17(19-18)14-5-8-16-13(11-14)9-10-21-16/h3-8,11,17,19H,9-10,18H2,1-2H3. The molecule has 0 amide bonds. The number of hydrogen-bond donors (Lipinski definition) is 2. The van der Waals surface area contributed by atoms with Gasteiger partial charge in [0.15, 0.2) is 0 Å². The van der Waals surface area contributed by atoms with Crippen LogP contribution in [0.25, 0.3) is 0 Å². The van der Waals surface area contributed by atoms with Crippen LogP contribution in [0, 0.1) is 0 Å². The topological polar surface area (TPSA) is 50.5 Å². The molecule has 1 atom stereocenters. The van der Waals surface area contributed by atoms with Crippen molar-refractivity contribution in [1.29, 1.82) is 0 Å². The second-order valence-corrected chi connectivity index (χ2v) is 5.55. The van der Waals surface area contributed by atoms with Gasteiger partial charge >= 0.3 is 0 Å². The Hall–Kier alpha value is -2.04. The molecule has 0 saturated carbocycles. The Bertz CT molecular complexity index is 622. The van der Waals surface area contributed by atoms with E-state index < -0.39 is 0 Å². The van der Waals surface area contributed by atoms with Gasteiger partial charge in [0.2, 0.25) is 0 Å². The number of nitrogens with one attached hydrogen (secondary N) is 1. The molecular formula is C17H21N3O. The van der Waals surface area contributed by atoms with E-state index in [1.165, 1.54) is 16.8 Å². The number of nitrogens with zero attached hydrogens (tertiary/aromatic N) is 1. The molecule has 0 fully saturated rings. The maximum Gasteiger partial charge on any atom is 0.122 e. The van der Waals surface area contributed by atoms with Crippen LogP contribution in [0.2, 0.25) is 0 Å². The van der Waals surface area contributed by atoms with Gasteiger partial charge in [-0.2, -0.15) is 0 Å². The SMILES string of the molecule is CN(C)c1ccc(C(NN)c2ccc3c(c2)CCO3)cc1. The Morgan fingerprint density at radius 1 is 1.10 bits per heavy atom. The number of ether oxygens (including phenoxy) is 1. The first-order chi connectivity index (χ1) is 10.2. The van der Waals surface area contributed by atoms with Gasteiger partial charge in [-0.15, -0.1) is 0 Å².